The molecule has 0 saturated heterocycles. The minimum atomic E-state index is -3.11. The molecule has 4 nitrogen and oxygen atoms in total. The lowest BCUT2D eigenvalue weighted by Gasteiger charge is -2.05. The Morgan fingerprint density at radius 3 is 2.44 bits per heavy atom. The van der Waals surface area contributed by atoms with E-state index in [2.05, 4.69) is 10.0 Å². The van der Waals surface area contributed by atoms with Crippen molar-refractivity contribution < 1.29 is 8.42 Å². The second-order valence-electron chi connectivity index (χ2n) is 3.33. The molecular weight excluding hydrogens is 248 g/mol. The van der Waals surface area contributed by atoms with E-state index in [-0.39, 0.29) is 5.75 Å². The van der Waals surface area contributed by atoms with E-state index in [1.165, 1.54) is 7.05 Å². The van der Waals surface area contributed by atoms with Crippen LogP contribution in [-0.2, 0) is 16.6 Å². The molecule has 90 valence electrons. The third-order valence-corrected chi connectivity index (χ3v) is 3.72. The van der Waals surface area contributed by atoms with Crippen molar-refractivity contribution in [1.82, 2.24) is 10.0 Å². The molecule has 0 fully saturated rings. The Morgan fingerprint density at radius 1 is 1.25 bits per heavy atom. The first-order chi connectivity index (χ1) is 7.53. The molecule has 0 spiro atoms. The number of benzene rings is 1. The standard InChI is InChI=1S/C10H15ClN2O2S/c1-12-16(14,15)7-6-13-8-9-2-4-10(11)5-3-9/h2-5,12-13H,6-8H2,1H3. The first-order valence-corrected chi connectivity index (χ1v) is 6.93. The molecule has 2 N–H and O–H groups in total. The van der Waals surface area contributed by atoms with E-state index in [1.54, 1.807) is 0 Å². The van der Waals surface area contributed by atoms with Crippen LogP contribution < -0.4 is 10.0 Å². The zero-order chi connectivity index (χ0) is 12.0. The van der Waals surface area contributed by atoms with Crippen LogP contribution >= 0.6 is 11.6 Å². The van der Waals surface area contributed by atoms with E-state index in [4.69, 9.17) is 11.6 Å². The van der Waals surface area contributed by atoms with Gasteiger partial charge >= 0.3 is 0 Å². The molecule has 0 unspecified atom stereocenters. The Bertz CT molecular complexity index is 417. The van der Waals surface area contributed by atoms with E-state index in [0.29, 0.717) is 18.1 Å². The van der Waals surface area contributed by atoms with E-state index in [0.717, 1.165) is 5.56 Å². The first-order valence-electron chi connectivity index (χ1n) is 4.90. The summed E-state index contributed by atoms with van der Waals surface area (Å²) in [5.41, 5.74) is 1.08. The van der Waals surface area contributed by atoms with Crippen molar-refractivity contribution in [2.24, 2.45) is 0 Å². The lowest BCUT2D eigenvalue weighted by Crippen LogP contribution is -2.29. The monoisotopic (exact) mass is 262 g/mol. The Hall–Kier alpha value is -0.620. The molecular formula is C10H15ClN2O2S. The number of rotatable bonds is 6. The van der Waals surface area contributed by atoms with E-state index >= 15 is 0 Å². The van der Waals surface area contributed by atoms with Gasteiger partial charge in [-0.2, -0.15) is 0 Å². The van der Waals surface area contributed by atoms with Crippen LogP contribution in [0.2, 0.25) is 5.02 Å². The molecule has 1 aromatic carbocycles. The van der Waals surface area contributed by atoms with Gasteiger partial charge < -0.3 is 5.32 Å². The Morgan fingerprint density at radius 2 is 1.88 bits per heavy atom. The van der Waals surface area contributed by atoms with Crippen molar-refractivity contribution in [3.05, 3.63) is 34.9 Å². The number of halogens is 1. The molecule has 0 heterocycles. The highest BCUT2D eigenvalue weighted by atomic mass is 35.5. The lowest BCUT2D eigenvalue weighted by atomic mass is 10.2. The zero-order valence-corrected chi connectivity index (χ0v) is 10.6. The third kappa shape index (κ3) is 4.94. The maximum atomic E-state index is 11.1. The fourth-order valence-electron chi connectivity index (χ4n) is 1.14. The Labute approximate surface area is 101 Å². The molecule has 0 atom stereocenters. The van der Waals surface area contributed by atoms with E-state index in [1.807, 2.05) is 24.3 Å². The third-order valence-electron chi connectivity index (χ3n) is 2.10. The summed E-state index contributed by atoms with van der Waals surface area (Å²) in [4.78, 5) is 0. The highest BCUT2D eigenvalue weighted by Gasteiger charge is 2.04. The smallest absolute Gasteiger partial charge is 0.212 e. The maximum absolute atomic E-state index is 11.1. The number of sulfonamides is 1. The van der Waals surface area contributed by atoms with Gasteiger partial charge in [-0.15, -0.1) is 0 Å². The predicted molar refractivity (Wildman–Crippen MR) is 66.0 cm³/mol. The second-order valence-corrected chi connectivity index (χ2v) is 5.81. The summed E-state index contributed by atoms with van der Waals surface area (Å²) in [6.45, 7) is 1.06. The lowest BCUT2D eigenvalue weighted by molar-refractivity contribution is 0.583. The van der Waals surface area contributed by atoms with Crippen molar-refractivity contribution in [2.75, 3.05) is 19.3 Å². The molecule has 0 aliphatic carbocycles. The number of nitrogens with one attached hydrogen (secondary N) is 2. The highest BCUT2D eigenvalue weighted by molar-refractivity contribution is 7.89. The van der Waals surface area contributed by atoms with Gasteiger partial charge in [0.15, 0.2) is 0 Å². The van der Waals surface area contributed by atoms with E-state index < -0.39 is 10.0 Å². The zero-order valence-electron chi connectivity index (χ0n) is 9.03. The molecule has 6 heteroatoms. The normalized spacial score (nSPS) is 11.6. The summed E-state index contributed by atoms with van der Waals surface area (Å²) < 4.78 is 24.4. The molecule has 0 aliphatic rings. The molecule has 1 rings (SSSR count). The molecule has 0 aromatic heterocycles. The minimum absolute atomic E-state index is 0.0804. The number of hydrogen-bond donors (Lipinski definition) is 2. The molecule has 1 aromatic rings. The van der Waals surface area contributed by atoms with Gasteiger partial charge in [0.1, 0.15) is 0 Å². The van der Waals surface area contributed by atoms with Crippen LogP contribution in [0.1, 0.15) is 5.56 Å². The van der Waals surface area contributed by atoms with Gasteiger partial charge in [-0.05, 0) is 24.7 Å². The molecule has 0 amide bonds. The van der Waals surface area contributed by atoms with Crippen molar-refractivity contribution in [1.29, 1.82) is 0 Å². The largest absolute Gasteiger partial charge is 0.312 e. The number of hydrogen-bond acceptors (Lipinski definition) is 3. The van der Waals surface area contributed by atoms with E-state index in [9.17, 15) is 8.42 Å². The topological polar surface area (TPSA) is 58.2 Å². The average molecular weight is 263 g/mol. The summed E-state index contributed by atoms with van der Waals surface area (Å²) >= 11 is 5.74. The molecule has 0 radical (unpaired) electrons. The van der Waals surface area contributed by atoms with Gasteiger partial charge in [-0.1, -0.05) is 23.7 Å². The maximum Gasteiger partial charge on any atom is 0.212 e. The Balaban J connectivity index is 2.29. The van der Waals surface area contributed by atoms with Gasteiger partial charge in [0.05, 0.1) is 5.75 Å². The first kappa shape index (κ1) is 13.4. The molecule has 0 bridgehead atoms. The summed E-state index contributed by atoms with van der Waals surface area (Å²) in [6.07, 6.45) is 0. The fourth-order valence-corrected chi connectivity index (χ4v) is 1.89. The van der Waals surface area contributed by atoms with Gasteiger partial charge in [0.2, 0.25) is 10.0 Å². The molecule has 0 aliphatic heterocycles. The highest BCUT2D eigenvalue weighted by Crippen LogP contribution is 2.08. The molecule has 16 heavy (non-hydrogen) atoms. The van der Waals surface area contributed by atoms with Crippen LogP contribution in [0.15, 0.2) is 24.3 Å². The van der Waals surface area contributed by atoms with Gasteiger partial charge in [0, 0.05) is 18.1 Å². The van der Waals surface area contributed by atoms with Crippen molar-refractivity contribution >= 4 is 21.6 Å². The minimum Gasteiger partial charge on any atom is -0.312 e. The van der Waals surface area contributed by atoms with Gasteiger partial charge in [0.25, 0.3) is 0 Å². The van der Waals surface area contributed by atoms with Crippen LogP contribution in [0.4, 0.5) is 0 Å². The Kier molecular flexibility index (Phi) is 5.21. The van der Waals surface area contributed by atoms with Gasteiger partial charge in [-0.3, -0.25) is 0 Å². The summed E-state index contributed by atoms with van der Waals surface area (Å²) in [6, 6.07) is 7.43. The van der Waals surface area contributed by atoms with Crippen molar-refractivity contribution in [3.8, 4) is 0 Å². The molecule has 0 saturated carbocycles. The predicted octanol–water partition coefficient (Wildman–Crippen LogP) is 0.979. The summed E-state index contributed by atoms with van der Waals surface area (Å²) in [5, 5.41) is 3.75. The summed E-state index contributed by atoms with van der Waals surface area (Å²) in [7, 11) is -1.70. The van der Waals surface area contributed by atoms with Crippen LogP contribution in [-0.4, -0.2) is 27.8 Å². The van der Waals surface area contributed by atoms with Crippen molar-refractivity contribution in [3.63, 3.8) is 0 Å². The van der Waals surface area contributed by atoms with Crippen LogP contribution in [0.3, 0.4) is 0 Å². The fraction of sp³-hybridized carbons (Fsp3) is 0.400. The SMILES string of the molecule is CNS(=O)(=O)CCNCc1ccc(Cl)cc1. The average Bonchev–Trinajstić information content (AvgIpc) is 2.27. The van der Waals surface area contributed by atoms with Crippen molar-refractivity contribution in [2.45, 2.75) is 6.54 Å². The van der Waals surface area contributed by atoms with Crippen LogP contribution in [0, 0.1) is 0 Å². The van der Waals surface area contributed by atoms with Crippen LogP contribution in [0.25, 0.3) is 0 Å². The van der Waals surface area contributed by atoms with Gasteiger partial charge in [-0.25, -0.2) is 13.1 Å². The van der Waals surface area contributed by atoms with Crippen LogP contribution in [0.5, 0.6) is 0 Å². The second kappa shape index (κ2) is 6.20. The summed E-state index contributed by atoms with van der Waals surface area (Å²) in [5.74, 6) is 0.0804. The quantitative estimate of drug-likeness (QED) is 0.752.